The number of nitrogens with zero attached hydrogens (tertiary/aromatic N) is 3. The fourth-order valence-electron chi connectivity index (χ4n) is 10.5. The molecule has 3 heterocycles. The number of sulfonamides is 1. The highest BCUT2D eigenvalue weighted by molar-refractivity contribution is 7.91. The van der Waals surface area contributed by atoms with Crippen LogP contribution in [0, 0.1) is 34.5 Å². The van der Waals surface area contributed by atoms with Crippen LogP contribution in [0.25, 0.3) is 11.0 Å². The first-order valence-electron chi connectivity index (χ1n) is 21.3. The second kappa shape index (κ2) is 15.0. The number of alkyl carbamates (subject to hydrolysis) is 1. The predicted molar refractivity (Wildman–Crippen MR) is 207 cm³/mol. The number of amides is 4. The van der Waals surface area contributed by atoms with Gasteiger partial charge in [0.25, 0.3) is 11.8 Å². The molecular weight excluding hydrogens is 867 g/mol. The average molecular weight is 915 g/mol. The van der Waals surface area contributed by atoms with Gasteiger partial charge in [-0.1, -0.05) is 20.8 Å². The van der Waals surface area contributed by atoms with Crippen LogP contribution < -0.4 is 24.8 Å². The van der Waals surface area contributed by atoms with Gasteiger partial charge in [-0.15, -0.1) is 0 Å². The zero-order valence-electron chi connectivity index (χ0n) is 34.6. The summed E-state index contributed by atoms with van der Waals surface area (Å²) < 4.78 is 132. The van der Waals surface area contributed by atoms with Crippen molar-refractivity contribution in [1.29, 1.82) is 0 Å². The van der Waals surface area contributed by atoms with Gasteiger partial charge in [0.05, 0.1) is 28.7 Å². The molecule has 22 heteroatoms. The van der Waals surface area contributed by atoms with Crippen LogP contribution in [0.3, 0.4) is 0 Å². The maximum absolute atomic E-state index is 16.5. The molecule has 15 nitrogen and oxygen atoms in total. The number of carbonyl (C=O) groups excluding carboxylic acids is 4. The lowest BCUT2D eigenvalue weighted by Gasteiger charge is -2.36. The number of nitrogens with one attached hydrogen (secondary N) is 3. The number of aromatic nitrogens is 2. The minimum absolute atomic E-state index is 0.00532. The molecule has 9 rings (SSSR count). The molecule has 2 aliphatic heterocycles. The van der Waals surface area contributed by atoms with Gasteiger partial charge >= 0.3 is 12.7 Å². The molecule has 1 aromatic heterocycles. The van der Waals surface area contributed by atoms with Crippen molar-refractivity contribution in [2.45, 2.75) is 139 Å². The van der Waals surface area contributed by atoms with Gasteiger partial charge < -0.3 is 29.7 Å². The van der Waals surface area contributed by atoms with Crippen molar-refractivity contribution in [1.82, 2.24) is 30.2 Å². The Bertz CT molecular complexity index is 2350. The normalized spacial score (nSPS) is 34.9. The van der Waals surface area contributed by atoms with Gasteiger partial charge in [0.2, 0.25) is 34.1 Å². The number of halogens is 6. The maximum Gasteiger partial charge on any atom is 0.408 e. The molecule has 7 aliphatic rings. The number of fused-ring (bicyclic) bond motifs is 5. The van der Waals surface area contributed by atoms with E-state index < -0.39 is 137 Å². The van der Waals surface area contributed by atoms with E-state index in [1.807, 2.05) is 4.72 Å². The van der Waals surface area contributed by atoms with Gasteiger partial charge in [-0.05, 0) is 86.7 Å². The quantitative estimate of drug-likeness (QED) is 0.296. The molecule has 1 spiro atoms. The molecule has 1 saturated heterocycles. The van der Waals surface area contributed by atoms with Crippen LogP contribution in [0.15, 0.2) is 18.2 Å². The van der Waals surface area contributed by atoms with Crippen molar-refractivity contribution in [3.63, 3.8) is 0 Å². The smallest absolute Gasteiger partial charge is 0.408 e. The highest BCUT2D eigenvalue weighted by Gasteiger charge is 2.75. The molecule has 5 saturated carbocycles. The summed E-state index contributed by atoms with van der Waals surface area (Å²) in [4.78, 5) is 65.8. The van der Waals surface area contributed by atoms with E-state index in [2.05, 4.69) is 25.3 Å². The SMILES string of the molecule is CC(C)(C)[C@@H]1NC(=O)O[C@@H]2C[C@@H]3C[C@@H]3C23C[C@H]3CCCC(F)(F)c2nc3ccc(OC(F)F)cc3nc2O[C@@H]2C[C@@H](C(=O)N[C@]3(C(=O)NS(=O)(=O)C4CC4)C[C@H]3C(F)F)N(C2)C1=O. The third kappa shape index (κ3) is 7.99. The Balaban J connectivity index is 1.09. The summed E-state index contributed by atoms with van der Waals surface area (Å²) >= 11 is 0. The standard InChI is InChI=1S/C41H48F6N6O9S/c1-38(2,3)30-34(55)53-17-21(14-27(53)32(54)51-40(16-24(40)31(42)43)35(56)52-63(58,59)22-7-8-22)60-33-29(48-25-9-6-20(61-36(44)45)13-26(25)49-33)41(46,47)10-4-5-19-15-39(19)23-11-18(23)12-28(39)62-37(57)50-30/h6,9,13,18-19,21-24,27-28,30-31,36H,4-5,7-8,10-12,14-17H2,1-3H3,(H,50,57)(H,51,54)(H,52,56)/t18-,19+,21+,23-,24-,27-,28+,30+,39?,40+/m0/s1. The van der Waals surface area contributed by atoms with Crippen LogP contribution >= 0.6 is 0 Å². The van der Waals surface area contributed by atoms with Gasteiger partial charge in [0.1, 0.15) is 35.6 Å². The molecule has 2 aromatic rings. The molecule has 0 radical (unpaired) electrons. The average Bonchev–Trinajstić information content (AvgIpc) is 4.01. The molecule has 5 aliphatic carbocycles. The van der Waals surface area contributed by atoms with Crippen LogP contribution in [-0.4, -0.2) is 102 Å². The summed E-state index contributed by atoms with van der Waals surface area (Å²) in [5, 5.41) is 4.10. The van der Waals surface area contributed by atoms with Gasteiger partial charge in [0.15, 0.2) is 5.69 Å². The van der Waals surface area contributed by atoms with Crippen molar-refractivity contribution >= 4 is 44.9 Å². The molecule has 1 unspecified atom stereocenters. The molecular formula is C41H48F6N6O9S. The summed E-state index contributed by atoms with van der Waals surface area (Å²) in [5.41, 5.74) is -4.96. The van der Waals surface area contributed by atoms with E-state index in [-0.39, 0.29) is 53.3 Å². The van der Waals surface area contributed by atoms with Crippen LogP contribution in [0.1, 0.15) is 90.7 Å². The highest BCUT2D eigenvalue weighted by atomic mass is 32.2. The van der Waals surface area contributed by atoms with E-state index in [0.717, 1.165) is 23.5 Å². The first kappa shape index (κ1) is 43.6. The Morgan fingerprint density at radius 2 is 1.75 bits per heavy atom. The zero-order valence-corrected chi connectivity index (χ0v) is 35.4. The lowest BCUT2D eigenvalue weighted by molar-refractivity contribution is -0.143. The second-order valence-corrected chi connectivity index (χ2v) is 21.4. The van der Waals surface area contributed by atoms with Crippen LogP contribution in [0.4, 0.5) is 31.1 Å². The second-order valence-electron chi connectivity index (χ2n) is 19.5. The minimum atomic E-state index is -4.25. The van der Waals surface area contributed by atoms with Crippen molar-refractivity contribution in [2.24, 2.45) is 34.5 Å². The number of carbonyl (C=O) groups is 4. The van der Waals surface area contributed by atoms with Crippen LogP contribution in [0.5, 0.6) is 11.6 Å². The van der Waals surface area contributed by atoms with Crippen molar-refractivity contribution in [2.75, 3.05) is 6.54 Å². The third-order valence-electron chi connectivity index (χ3n) is 14.2. The van der Waals surface area contributed by atoms with E-state index in [4.69, 9.17) is 9.47 Å². The van der Waals surface area contributed by atoms with Crippen LogP contribution in [0.2, 0.25) is 0 Å². The van der Waals surface area contributed by atoms with Crippen molar-refractivity contribution < 1.29 is 68.1 Å². The fourth-order valence-corrected chi connectivity index (χ4v) is 11.9. The highest BCUT2D eigenvalue weighted by Crippen LogP contribution is 2.77. The summed E-state index contributed by atoms with van der Waals surface area (Å²) in [7, 11) is -4.25. The molecule has 2 bridgehead atoms. The Hall–Kier alpha value is -4.63. The lowest BCUT2D eigenvalue weighted by atomic mass is 9.85. The van der Waals surface area contributed by atoms with Gasteiger partial charge in [-0.2, -0.15) is 17.6 Å². The number of benzene rings is 1. The number of rotatable bonds is 8. The molecule has 1 aromatic carbocycles. The molecule has 3 N–H and O–H groups in total. The van der Waals surface area contributed by atoms with Gasteiger partial charge in [0, 0.05) is 24.3 Å². The van der Waals surface area contributed by atoms with Gasteiger partial charge in [-0.3, -0.25) is 19.1 Å². The first-order valence-corrected chi connectivity index (χ1v) is 22.8. The number of alkyl halides is 6. The van der Waals surface area contributed by atoms with E-state index >= 15 is 8.78 Å². The Labute approximate surface area is 358 Å². The third-order valence-corrected chi connectivity index (χ3v) is 16.0. The number of hydrogen-bond acceptors (Lipinski definition) is 11. The zero-order chi connectivity index (χ0) is 45.2. The van der Waals surface area contributed by atoms with Crippen LogP contribution in [-0.2, 0) is 35.1 Å². The largest absolute Gasteiger partial charge is 0.471 e. The van der Waals surface area contributed by atoms with E-state index in [1.54, 1.807) is 20.8 Å². The predicted octanol–water partition coefficient (Wildman–Crippen LogP) is 5.16. The molecule has 63 heavy (non-hydrogen) atoms. The Kier molecular flexibility index (Phi) is 10.4. The first-order chi connectivity index (χ1) is 29.5. The summed E-state index contributed by atoms with van der Waals surface area (Å²) in [6, 6.07) is 0.320. The molecule has 4 amide bonds. The Morgan fingerprint density at radius 3 is 2.41 bits per heavy atom. The summed E-state index contributed by atoms with van der Waals surface area (Å²) in [6.45, 7) is 1.19. The summed E-state index contributed by atoms with van der Waals surface area (Å²) in [5.74, 6) is -9.34. The fraction of sp³-hybridized carbons (Fsp3) is 0.707. The maximum atomic E-state index is 16.5. The minimum Gasteiger partial charge on any atom is -0.471 e. The number of hydrogen-bond donors (Lipinski definition) is 3. The lowest BCUT2D eigenvalue weighted by Crippen LogP contribution is -2.60. The molecule has 10 atom stereocenters. The molecule has 6 fully saturated rings. The molecule has 344 valence electrons. The monoisotopic (exact) mass is 914 g/mol. The Morgan fingerprint density at radius 1 is 1.00 bits per heavy atom. The summed E-state index contributed by atoms with van der Waals surface area (Å²) in [6.07, 6.45) is -4.59. The van der Waals surface area contributed by atoms with E-state index in [0.29, 0.717) is 25.2 Å². The van der Waals surface area contributed by atoms with Crippen molar-refractivity contribution in [3.05, 3.63) is 23.9 Å². The van der Waals surface area contributed by atoms with E-state index in [9.17, 15) is 45.2 Å². The van der Waals surface area contributed by atoms with Crippen molar-refractivity contribution in [3.8, 4) is 11.6 Å². The van der Waals surface area contributed by atoms with Gasteiger partial charge in [-0.25, -0.2) is 32.0 Å². The number of ether oxygens (including phenoxy) is 3. The topological polar surface area (TPSA) is 195 Å². The van der Waals surface area contributed by atoms with E-state index in [1.165, 1.54) is 6.07 Å².